The second-order valence-electron chi connectivity index (χ2n) is 4.43. The molecule has 0 radical (unpaired) electrons. The molecule has 1 aliphatic rings. The van der Waals surface area contributed by atoms with E-state index in [1.165, 1.54) is 12.8 Å². The SMILES string of the molecule is CCOCC1CNCC(CC)(CC)CO1. The largest absolute Gasteiger partial charge is 0.379 e. The van der Waals surface area contributed by atoms with E-state index in [4.69, 9.17) is 9.47 Å². The first kappa shape index (κ1) is 12.9. The first-order valence-electron chi connectivity index (χ1n) is 6.16. The molecule has 1 saturated heterocycles. The summed E-state index contributed by atoms with van der Waals surface area (Å²) in [6.45, 7) is 10.9. The average Bonchev–Trinajstić information content (AvgIpc) is 2.49. The summed E-state index contributed by atoms with van der Waals surface area (Å²) in [6.07, 6.45) is 2.58. The minimum Gasteiger partial charge on any atom is -0.379 e. The molecule has 1 heterocycles. The van der Waals surface area contributed by atoms with Gasteiger partial charge in [-0.15, -0.1) is 0 Å². The molecule has 1 unspecified atom stereocenters. The topological polar surface area (TPSA) is 30.5 Å². The number of rotatable bonds is 5. The number of ether oxygens (including phenoxy) is 2. The van der Waals surface area contributed by atoms with Crippen LogP contribution >= 0.6 is 0 Å². The van der Waals surface area contributed by atoms with Crippen molar-refractivity contribution in [1.82, 2.24) is 5.32 Å². The minimum atomic E-state index is 0.227. The highest BCUT2D eigenvalue weighted by molar-refractivity contribution is 4.83. The maximum absolute atomic E-state index is 5.92. The van der Waals surface area contributed by atoms with Crippen LogP contribution in [0.1, 0.15) is 33.6 Å². The fourth-order valence-electron chi connectivity index (χ4n) is 1.96. The molecule has 1 atom stereocenters. The fraction of sp³-hybridized carbons (Fsp3) is 1.00. The monoisotopic (exact) mass is 215 g/mol. The summed E-state index contributed by atoms with van der Waals surface area (Å²) in [7, 11) is 0. The van der Waals surface area contributed by atoms with Gasteiger partial charge in [-0.3, -0.25) is 0 Å². The molecule has 15 heavy (non-hydrogen) atoms. The maximum atomic E-state index is 5.92. The van der Waals surface area contributed by atoms with E-state index in [0.717, 1.165) is 26.3 Å². The molecule has 1 aliphatic heterocycles. The average molecular weight is 215 g/mol. The van der Waals surface area contributed by atoms with Crippen LogP contribution in [-0.2, 0) is 9.47 Å². The predicted octanol–water partition coefficient (Wildman–Crippen LogP) is 1.82. The number of hydrogen-bond acceptors (Lipinski definition) is 3. The number of nitrogens with one attached hydrogen (secondary N) is 1. The Kier molecular flexibility index (Phi) is 5.58. The summed E-state index contributed by atoms with van der Waals surface area (Å²) in [5.74, 6) is 0. The van der Waals surface area contributed by atoms with Gasteiger partial charge in [0.1, 0.15) is 0 Å². The molecule has 1 fully saturated rings. The smallest absolute Gasteiger partial charge is 0.0932 e. The Morgan fingerprint density at radius 2 is 2.07 bits per heavy atom. The van der Waals surface area contributed by atoms with Gasteiger partial charge in [-0.1, -0.05) is 13.8 Å². The van der Waals surface area contributed by atoms with Crippen LogP contribution in [0.5, 0.6) is 0 Å². The first-order chi connectivity index (χ1) is 7.26. The first-order valence-corrected chi connectivity index (χ1v) is 6.16. The lowest BCUT2D eigenvalue weighted by atomic mass is 9.83. The van der Waals surface area contributed by atoms with Crippen molar-refractivity contribution in [2.45, 2.75) is 39.7 Å². The molecule has 0 saturated carbocycles. The second kappa shape index (κ2) is 6.46. The Bertz CT molecular complexity index is 169. The number of hydrogen-bond donors (Lipinski definition) is 1. The van der Waals surface area contributed by atoms with Crippen molar-refractivity contribution in [1.29, 1.82) is 0 Å². The Morgan fingerprint density at radius 1 is 1.33 bits per heavy atom. The van der Waals surface area contributed by atoms with Crippen LogP contribution in [0.4, 0.5) is 0 Å². The van der Waals surface area contributed by atoms with Crippen LogP contribution in [0.25, 0.3) is 0 Å². The molecule has 0 aromatic heterocycles. The molecule has 0 aromatic carbocycles. The third kappa shape index (κ3) is 3.74. The Morgan fingerprint density at radius 3 is 2.67 bits per heavy atom. The molecular weight excluding hydrogens is 190 g/mol. The zero-order valence-corrected chi connectivity index (χ0v) is 10.3. The van der Waals surface area contributed by atoms with E-state index in [-0.39, 0.29) is 6.10 Å². The molecular formula is C12H25NO2. The van der Waals surface area contributed by atoms with Crippen molar-refractivity contribution in [3.8, 4) is 0 Å². The molecule has 0 spiro atoms. The summed E-state index contributed by atoms with van der Waals surface area (Å²) < 4.78 is 11.3. The summed E-state index contributed by atoms with van der Waals surface area (Å²) in [6, 6.07) is 0. The van der Waals surface area contributed by atoms with Crippen molar-refractivity contribution < 1.29 is 9.47 Å². The van der Waals surface area contributed by atoms with Crippen LogP contribution in [0.15, 0.2) is 0 Å². The van der Waals surface area contributed by atoms with Crippen molar-refractivity contribution in [3.05, 3.63) is 0 Å². The lowest BCUT2D eigenvalue weighted by molar-refractivity contribution is -0.0326. The Balaban J connectivity index is 2.40. The standard InChI is InChI=1S/C12H25NO2/c1-4-12(5-2)9-13-7-11(15-10-12)8-14-6-3/h11,13H,4-10H2,1-3H3. The van der Waals surface area contributed by atoms with Gasteiger partial charge in [-0.2, -0.15) is 0 Å². The highest BCUT2D eigenvalue weighted by Crippen LogP contribution is 2.27. The van der Waals surface area contributed by atoms with Crippen molar-refractivity contribution in [2.75, 3.05) is 32.9 Å². The molecule has 0 amide bonds. The van der Waals surface area contributed by atoms with Crippen LogP contribution in [0.3, 0.4) is 0 Å². The van der Waals surface area contributed by atoms with Gasteiger partial charge in [0.15, 0.2) is 0 Å². The fourth-order valence-corrected chi connectivity index (χ4v) is 1.96. The third-order valence-electron chi connectivity index (χ3n) is 3.51. The highest BCUT2D eigenvalue weighted by Gasteiger charge is 2.30. The summed E-state index contributed by atoms with van der Waals surface area (Å²) in [5, 5.41) is 3.49. The van der Waals surface area contributed by atoms with E-state index < -0.39 is 0 Å². The van der Waals surface area contributed by atoms with Crippen molar-refractivity contribution in [2.24, 2.45) is 5.41 Å². The maximum Gasteiger partial charge on any atom is 0.0932 e. The second-order valence-corrected chi connectivity index (χ2v) is 4.43. The summed E-state index contributed by atoms with van der Waals surface area (Å²) >= 11 is 0. The van der Waals surface area contributed by atoms with E-state index in [1.807, 2.05) is 6.92 Å². The molecule has 90 valence electrons. The van der Waals surface area contributed by atoms with Crippen LogP contribution in [0.2, 0.25) is 0 Å². The quantitative estimate of drug-likeness (QED) is 0.759. The normalized spacial score (nSPS) is 26.2. The van der Waals surface area contributed by atoms with E-state index in [2.05, 4.69) is 19.2 Å². The van der Waals surface area contributed by atoms with Crippen LogP contribution in [0, 0.1) is 5.41 Å². The van der Waals surface area contributed by atoms with Crippen molar-refractivity contribution >= 4 is 0 Å². The van der Waals surface area contributed by atoms with E-state index >= 15 is 0 Å². The van der Waals surface area contributed by atoms with Gasteiger partial charge in [0.05, 0.1) is 19.3 Å². The highest BCUT2D eigenvalue weighted by atomic mass is 16.5. The molecule has 3 nitrogen and oxygen atoms in total. The van der Waals surface area contributed by atoms with Gasteiger partial charge in [-0.05, 0) is 19.8 Å². The molecule has 3 heteroatoms. The lowest BCUT2D eigenvalue weighted by Gasteiger charge is -2.29. The van der Waals surface area contributed by atoms with E-state index in [1.54, 1.807) is 0 Å². The lowest BCUT2D eigenvalue weighted by Crippen LogP contribution is -2.34. The molecule has 0 aromatic rings. The summed E-state index contributed by atoms with van der Waals surface area (Å²) in [5.41, 5.74) is 0.334. The van der Waals surface area contributed by atoms with Gasteiger partial charge >= 0.3 is 0 Å². The van der Waals surface area contributed by atoms with Gasteiger partial charge < -0.3 is 14.8 Å². The van der Waals surface area contributed by atoms with Crippen LogP contribution in [-0.4, -0.2) is 39.0 Å². The van der Waals surface area contributed by atoms with E-state index in [9.17, 15) is 0 Å². The minimum absolute atomic E-state index is 0.227. The molecule has 1 N–H and O–H groups in total. The van der Waals surface area contributed by atoms with Gasteiger partial charge in [0, 0.05) is 25.1 Å². The zero-order valence-electron chi connectivity index (χ0n) is 10.3. The van der Waals surface area contributed by atoms with Gasteiger partial charge in [0.25, 0.3) is 0 Å². The zero-order chi connectivity index (χ0) is 11.1. The molecule has 1 rings (SSSR count). The molecule has 0 aliphatic carbocycles. The van der Waals surface area contributed by atoms with Crippen LogP contribution < -0.4 is 5.32 Å². The van der Waals surface area contributed by atoms with Gasteiger partial charge in [0.2, 0.25) is 0 Å². The predicted molar refractivity (Wildman–Crippen MR) is 62.1 cm³/mol. The molecule has 0 bridgehead atoms. The third-order valence-corrected chi connectivity index (χ3v) is 3.51. The van der Waals surface area contributed by atoms with Crippen molar-refractivity contribution in [3.63, 3.8) is 0 Å². The summed E-state index contributed by atoms with van der Waals surface area (Å²) in [4.78, 5) is 0. The Labute approximate surface area is 93.5 Å². The van der Waals surface area contributed by atoms with Gasteiger partial charge in [-0.25, -0.2) is 0 Å². The Hall–Kier alpha value is -0.120. The van der Waals surface area contributed by atoms with E-state index in [0.29, 0.717) is 12.0 Å².